The summed E-state index contributed by atoms with van der Waals surface area (Å²) in [4.78, 5) is 6.16. The van der Waals surface area contributed by atoms with E-state index in [2.05, 4.69) is 12.2 Å². The minimum atomic E-state index is 0.115. The average Bonchev–Trinajstić information content (AvgIpc) is 2.92. The van der Waals surface area contributed by atoms with Gasteiger partial charge in [0.25, 0.3) is 0 Å². The van der Waals surface area contributed by atoms with E-state index in [0.29, 0.717) is 11.1 Å². The smallest absolute Gasteiger partial charge is 0.134 e. The van der Waals surface area contributed by atoms with Crippen molar-refractivity contribution >= 4 is 22.9 Å². The Kier molecular flexibility index (Phi) is 4.48. The summed E-state index contributed by atoms with van der Waals surface area (Å²) >= 11 is 7.75. The fourth-order valence-electron chi connectivity index (χ4n) is 2.70. The third-order valence-electron chi connectivity index (χ3n) is 3.79. The maximum atomic E-state index is 9.53. The first kappa shape index (κ1) is 14.8. The molecule has 0 aliphatic heterocycles. The molecule has 0 amide bonds. The lowest BCUT2D eigenvalue weighted by Crippen LogP contribution is -2.24. The predicted molar refractivity (Wildman–Crippen MR) is 88.2 cm³/mol. The van der Waals surface area contributed by atoms with E-state index in [1.54, 1.807) is 23.5 Å². The number of aromatic nitrogens is 1. The molecule has 1 aromatic heterocycles. The molecule has 0 radical (unpaired) electrons. The summed E-state index contributed by atoms with van der Waals surface area (Å²) in [6, 6.07) is 5.73. The van der Waals surface area contributed by atoms with Crippen LogP contribution in [-0.2, 0) is 6.42 Å². The van der Waals surface area contributed by atoms with Gasteiger partial charge in [-0.2, -0.15) is 0 Å². The lowest BCUT2D eigenvalue weighted by Gasteiger charge is -2.22. The predicted octanol–water partition coefficient (Wildman–Crippen LogP) is 4.55. The van der Waals surface area contributed by atoms with Crippen LogP contribution in [0.5, 0.6) is 5.75 Å². The number of aryl methyl sites for hydroxylation is 1. The molecule has 1 unspecified atom stereocenters. The van der Waals surface area contributed by atoms with E-state index in [0.717, 1.165) is 30.0 Å². The zero-order valence-corrected chi connectivity index (χ0v) is 13.6. The van der Waals surface area contributed by atoms with Crippen LogP contribution in [0.15, 0.2) is 18.2 Å². The van der Waals surface area contributed by atoms with Gasteiger partial charge >= 0.3 is 0 Å². The lowest BCUT2D eigenvalue weighted by atomic mass is 9.98. The molecule has 1 heterocycles. The van der Waals surface area contributed by atoms with E-state index >= 15 is 0 Å². The number of hydrogen-bond donors (Lipinski definition) is 2. The number of phenolic OH excluding ortho intramolecular Hbond substituents is 1. The largest absolute Gasteiger partial charge is 0.506 e. The van der Waals surface area contributed by atoms with Gasteiger partial charge in [-0.25, -0.2) is 4.98 Å². The first-order chi connectivity index (χ1) is 10.2. The van der Waals surface area contributed by atoms with Crippen LogP contribution in [0.2, 0.25) is 5.02 Å². The SMILES string of the molecule is CCCNC1CCCc2nc(-c3ccc(O)c(Cl)c3)sc21. The molecule has 112 valence electrons. The third kappa shape index (κ3) is 3.07. The summed E-state index contributed by atoms with van der Waals surface area (Å²) in [6.07, 6.45) is 4.58. The molecule has 3 rings (SSSR count). The van der Waals surface area contributed by atoms with E-state index in [-0.39, 0.29) is 5.75 Å². The molecule has 0 bridgehead atoms. The number of thiazole rings is 1. The van der Waals surface area contributed by atoms with Crippen molar-refractivity contribution in [2.45, 2.75) is 38.6 Å². The Morgan fingerprint density at radius 3 is 3.10 bits per heavy atom. The van der Waals surface area contributed by atoms with Gasteiger partial charge in [-0.15, -0.1) is 11.3 Å². The summed E-state index contributed by atoms with van der Waals surface area (Å²) in [5.74, 6) is 0.115. The molecule has 2 aromatic rings. The van der Waals surface area contributed by atoms with Crippen molar-refractivity contribution in [3.63, 3.8) is 0 Å². The van der Waals surface area contributed by atoms with Crippen molar-refractivity contribution in [1.29, 1.82) is 0 Å². The summed E-state index contributed by atoms with van der Waals surface area (Å²) in [7, 11) is 0. The van der Waals surface area contributed by atoms with Gasteiger partial charge in [-0.1, -0.05) is 18.5 Å². The van der Waals surface area contributed by atoms with Crippen LogP contribution in [0, 0.1) is 0 Å². The molecule has 1 aliphatic rings. The van der Waals surface area contributed by atoms with Crippen molar-refractivity contribution < 1.29 is 5.11 Å². The number of rotatable bonds is 4. The Morgan fingerprint density at radius 1 is 1.48 bits per heavy atom. The molecule has 0 spiro atoms. The van der Waals surface area contributed by atoms with Gasteiger partial charge in [0.15, 0.2) is 0 Å². The Balaban J connectivity index is 1.91. The highest BCUT2D eigenvalue weighted by molar-refractivity contribution is 7.15. The minimum Gasteiger partial charge on any atom is -0.506 e. The molecule has 1 aromatic carbocycles. The Hall–Kier alpha value is -1.10. The molecule has 1 atom stereocenters. The number of nitrogens with zero attached hydrogens (tertiary/aromatic N) is 1. The molecule has 0 saturated heterocycles. The summed E-state index contributed by atoms with van der Waals surface area (Å²) in [5.41, 5.74) is 2.20. The second kappa shape index (κ2) is 6.34. The summed E-state index contributed by atoms with van der Waals surface area (Å²) < 4.78 is 0. The number of halogens is 1. The number of phenols is 1. The van der Waals surface area contributed by atoms with Gasteiger partial charge in [0, 0.05) is 16.5 Å². The molecule has 1 aliphatic carbocycles. The highest BCUT2D eigenvalue weighted by Gasteiger charge is 2.24. The van der Waals surface area contributed by atoms with Crippen LogP contribution < -0.4 is 5.32 Å². The molecule has 3 nitrogen and oxygen atoms in total. The maximum Gasteiger partial charge on any atom is 0.134 e. The first-order valence-electron chi connectivity index (χ1n) is 7.41. The lowest BCUT2D eigenvalue weighted by molar-refractivity contribution is 0.465. The maximum absolute atomic E-state index is 9.53. The molecule has 0 saturated carbocycles. The second-order valence-corrected chi connectivity index (χ2v) is 6.83. The highest BCUT2D eigenvalue weighted by Crippen LogP contribution is 2.39. The number of aromatic hydroxyl groups is 1. The van der Waals surface area contributed by atoms with Gasteiger partial charge in [0.1, 0.15) is 10.8 Å². The zero-order chi connectivity index (χ0) is 14.8. The number of benzene rings is 1. The van der Waals surface area contributed by atoms with E-state index in [1.165, 1.54) is 23.4 Å². The Bertz CT molecular complexity index is 641. The average molecular weight is 323 g/mol. The molecule has 0 fully saturated rings. The fourth-order valence-corrected chi connectivity index (χ4v) is 4.09. The molecule has 21 heavy (non-hydrogen) atoms. The topological polar surface area (TPSA) is 45.2 Å². The first-order valence-corrected chi connectivity index (χ1v) is 8.60. The van der Waals surface area contributed by atoms with Gasteiger partial charge in [-0.05, 0) is 50.4 Å². The Morgan fingerprint density at radius 2 is 2.33 bits per heavy atom. The van der Waals surface area contributed by atoms with Crippen molar-refractivity contribution in [2.75, 3.05) is 6.54 Å². The fraction of sp³-hybridized carbons (Fsp3) is 0.438. The van der Waals surface area contributed by atoms with Crippen LogP contribution >= 0.6 is 22.9 Å². The monoisotopic (exact) mass is 322 g/mol. The van der Waals surface area contributed by atoms with Crippen molar-refractivity contribution in [2.24, 2.45) is 0 Å². The molecular formula is C16H19ClN2OS. The molecular weight excluding hydrogens is 304 g/mol. The van der Waals surface area contributed by atoms with E-state index in [9.17, 15) is 5.11 Å². The third-order valence-corrected chi connectivity index (χ3v) is 5.35. The normalized spacial score (nSPS) is 17.7. The van der Waals surface area contributed by atoms with E-state index < -0.39 is 0 Å². The van der Waals surface area contributed by atoms with E-state index in [1.807, 2.05) is 6.07 Å². The molecule has 2 N–H and O–H groups in total. The van der Waals surface area contributed by atoms with Crippen molar-refractivity contribution in [1.82, 2.24) is 10.3 Å². The van der Waals surface area contributed by atoms with Crippen LogP contribution in [-0.4, -0.2) is 16.6 Å². The van der Waals surface area contributed by atoms with Gasteiger partial charge < -0.3 is 10.4 Å². The number of nitrogens with one attached hydrogen (secondary N) is 1. The standard InChI is InChI=1S/C16H19ClN2OS/c1-2-8-18-12-4-3-5-13-15(12)21-16(19-13)10-6-7-14(20)11(17)9-10/h6-7,9,12,18,20H,2-5,8H2,1H3. The van der Waals surface area contributed by atoms with E-state index in [4.69, 9.17) is 16.6 Å². The van der Waals surface area contributed by atoms with Crippen LogP contribution in [0.1, 0.15) is 42.8 Å². The van der Waals surface area contributed by atoms with Crippen LogP contribution in [0.25, 0.3) is 10.6 Å². The van der Waals surface area contributed by atoms with Gasteiger partial charge in [-0.3, -0.25) is 0 Å². The summed E-state index contributed by atoms with van der Waals surface area (Å²) in [6.45, 7) is 3.23. The van der Waals surface area contributed by atoms with Crippen LogP contribution in [0.4, 0.5) is 0 Å². The molecule has 5 heteroatoms. The summed E-state index contributed by atoms with van der Waals surface area (Å²) in [5, 5.41) is 14.5. The Labute approximate surface area is 134 Å². The minimum absolute atomic E-state index is 0.115. The highest BCUT2D eigenvalue weighted by atomic mass is 35.5. The number of hydrogen-bond acceptors (Lipinski definition) is 4. The van der Waals surface area contributed by atoms with Crippen molar-refractivity contribution in [3.05, 3.63) is 33.8 Å². The second-order valence-electron chi connectivity index (χ2n) is 5.40. The number of fused-ring (bicyclic) bond motifs is 1. The van der Waals surface area contributed by atoms with Crippen molar-refractivity contribution in [3.8, 4) is 16.3 Å². The quantitative estimate of drug-likeness (QED) is 0.868. The van der Waals surface area contributed by atoms with Crippen LogP contribution in [0.3, 0.4) is 0 Å². The zero-order valence-electron chi connectivity index (χ0n) is 12.0. The van der Waals surface area contributed by atoms with Gasteiger partial charge in [0.05, 0.1) is 10.7 Å². The van der Waals surface area contributed by atoms with Gasteiger partial charge in [0.2, 0.25) is 0 Å².